The van der Waals surface area contributed by atoms with E-state index in [1.54, 1.807) is 0 Å². The largest absolute Gasteiger partial charge is 0.453 e. The fourth-order valence-electron chi connectivity index (χ4n) is 12.1. The summed E-state index contributed by atoms with van der Waals surface area (Å²) in [5, 5.41) is 10.3. The van der Waals surface area contributed by atoms with Gasteiger partial charge in [0.1, 0.15) is 11.2 Å². The molecule has 0 aliphatic heterocycles. The average Bonchev–Trinajstić information content (AvgIpc) is 4.08. The Labute approximate surface area is 464 Å². The highest BCUT2D eigenvalue weighted by molar-refractivity contribution is 6.21. The van der Waals surface area contributed by atoms with E-state index in [-0.39, 0.29) is 5.92 Å². The van der Waals surface area contributed by atoms with E-state index in [1.807, 2.05) is 13.8 Å². The normalized spacial score (nSPS) is 12.0. The molecule has 0 radical (unpaired) electrons. The van der Waals surface area contributed by atoms with Gasteiger partial charge in [0.25, 0.3) is 0 Å². The Balaban J connectivity index is 0.00000308. The zero-order chi connectivity index (χ0) is 54.6. The number of hydrogen-bond donors (Lipinski definition) is 0. The van der Waals surface area contributed by atoms with E-state index < -0.39 is 0 Å². The minimum Gasteiger partial charge on any atom is -0.453 e. The monoisotopic (exact) mass is 1030 g/mol. The second kappa shape index (κ2) is 20.7. The van der Waals surface area contributed by atoms with Gasteiger partial charge in [-0.15, -0.1) is 0 Å². The molecule has 0 aliphatic carbocycles. The number of benzene rings is 11. The number of anilines is 5. The summed E-state index contributed by atoms with van der Waals surface area (Å²) >= 11 is 0. The second-order valence-corrected chi connectivity index (χ2v) is 21.5. The number of hydrogen-bond acceptors (Lipinski definition) is 4. The van der Waals surface area contributed by atoms with Gasteiger partial charge in [-0.25, -0.2) is 0 Å². The first-order chi connectivity index (χ1) is 38.5. The van der Waals surface area contributed by atoms with E-state index in [0.29, 0.717) is 0 Å². The molecule has 2 heterocycles. The number of fused-ring (bicyclic) bond motifs is 6. The molecule has 4 heteroatoms. The Morgan fingerprint density at radius 2 is 0.962 bits per heavy atom. The van der Waals surface area contributed by atoms with Crippen LogP contribution in [0.25, 0.3) is 93.4 Å². The maximum absolute atomic E-state index is 7.28. The molecule has 13 aromatic rings. The van der Waals surface area contributed by atoms with Gasteiger partial charge in [-0.1, -0.05) is 197 Å². The minimum atomic E-state index is 0.211. The van der Waals surface area contributed by atoms with Gasteiger partial charge in [0.15, 0.2) is 11.2 Å². The van der Waals surface area contributed by atoms with E-state index in [0.717, 1.165) is 105 Å². The van der Waals surface area contributed by atoms with E-state index >= 15 is 0 Å². The summed E-state index contributed by atoms with van der Waals surface area (Å²) in [7, 11) is 0. The van der Waals surface area contributed by atoms with Crippen LogP contribution in [0.15, 0.2) is 227 Å². The number of aryl methyl sites for hydroxylation is 4. The summed E-state index contributed by atoms with van der Waals surface area (Å²) in [6, 6.07) is 75.1. The predicted molar refractivity (Wildman–Crippen MR) is 339 cm³/mol. The zero-order valence-corrected chi connectivity index (χ0v) is 47.0. The van der Waals surface area contributed by atoms with Crippen molar-refractivity contribution in [2.75, 3.05) is 9.80 Å². The first-order valence-electron chi connectivity index (χ1n) is 27.9. The van der Waals surface area contributed by atoms with Crippen molar-refractivity contribution < 1.29 is 8.83 Å². The van der Waals surface area contributed by atoms with Crippen LogP contribution in [0.1, 0.15) is 75.3 Å². The standard InChI is InChI=1S/C73H60N2O2.C2H6/c1-44(2)40-66(74(51-25-14-20-46(5)41-51)64-34-19-33-60-58-31-17-29-56(71(58)77-73(60)64)53-27-13-12-22-48(53)7)61-39-38-55-63(45(3)4)43-67(62-37-36-49(8)68(61)69(55)62)75(52-26-15-21-47(6)42-52)65-35-18-32-59-57-30-16-28-54(70(57)76-72(59)65)50-23-10-9-11-24-50;1-2/h9-43,45H,1-8H3;1-2H3/b66-61+;. The van der Waals surface area contributed by atoms with Crippen LogP contribution in [-0.2, 0) is 0 Å². The SMILES string of the molecule is CC.CC(C)=C/C(=c1/ccc2c(C(C)C)cc(N(c3cccc(C)c3)c3cccc4c3oc3c(-c5ccccc5)cccc34)c3ccc(C)c1c23)N(c1cccc(C)c1)c1cccc2c1oc1c(-c3ccccc3C)cccc12. The molecule has 11 aromatic carbocycles. The maximum atomic E-state index is 7.28. The molecular formula is C75H66N2O2. The fourth-order valence-corrected chi connectivity index (χ4v) is 12.1. The molecule has 0 N–H and O–H groups in total. The topological polar surface area (TPSA) is 32.8 Å². The van der Waals surface area contributed by atoms with Crippen molar-refractivity contribution in [3.63, 3.8) is 0 Å². The van der Waals surface area contributed by atoms with Gasteiger partial charge in [0.2, 0.25) is 0 Å². The van der Waals surface area contributed by atoms with Gasteiger partial charge in [-0.2, -0.15) is 0 Å². The van der Waals surface area contributed by atoms with E-state index in [1.165, 1.54) is 55.1 Å². The summed E-state index contributed by atoms with van der Waals surface area (Å²) in [5.41, 5.74) is 21.4. The Bertz CT molecular complexity index is 4570. The fraction of sp³-hybridized carbons (Fsp3) is 0.147. The smallest absolute Gasteiger partial charge is 0.159 e. The summed E-state index contributed by atoms with van der Waals surface area (Å²) in [5.74, 6) is 0.211. The van der Waals surface area contributed by atoms with Crippen LogP contribution < -0.4 is 15.0 Å². The van der Waals surface area contributed by atoms with Crippen molar-refractivity contribution in [1.29, 1.82) is 0 Å². The van der Waals surface area contributed by atoms with Gasteiger partial charge in [-0.3, -0.25) is 0 Å². The van der Waals surface area contributed by atoms with Crippen LogP contribution in [0.4, 0.5) is 28.4 Å². The van der Waals surface area contributed by atoms with Gasteiger partial charge >= 0.3 is 0 Å². The summed E-state index contributed by atoms with van der Waals surface area (Å²) in [6.45, 7) is 21.9. The van der Waals surface area contributed by atoms with Crippen molar-refractivity contribution in [3.8, 4) is 22.3 Å². The van der Waals surface area contributed by atoms with Crippen molar-refractivity contribution in [3.05, 3.63) is 251 Å². The lowest BCUT2D eigenvalue weighted by Crippen LogP contribution is -2.23. The highest BCUT2D eigenvalue weighted by Gasteiger charge is 2.28. The molecule has 4 nitrogen and oxygen atoms in total. The number of nitrogens with zero attached hydrogens (tertiary/aromatic N) is 2. The molecule has 388 valence electrons. The van der Waals surface area contributed by atoms with Crippen molar-refractivity contribution in [2.24, 2.45) is 0 Å². The Kier molecular flexibility index (Phi) is 13.3. The number of furan rings is 2. The zero-order valence-electron chi connectivity index (χ0n) is 47.0. The molecule has 2 aromatic heterocycles. The van der Waals surface area contributed by atoms with E-state index in [9.17, 15) is 0 Å². The Morgan fingerprint density at radius 1 is 0.418 bits per heavy atom. The van der Waals surface area contributed by atoms with Crippen LogP contribution in [0.3, 0.4) is 0 Å². The third kappa shape index (κ3) is 8.73. The van der Waals surface area contributed by atoms with Crippen molar-refractivity contribution in [1.82, 2.24) is 0 Å². The number of rotatable bonds is 10. The second-order valence-electron chi connectivity index (χ2n) is 21.5. The summed E-state index contributed by atoms with van der Waals surface area (Å²) < 4.78 is 14.5. The molecule has 0 spiro atoms. The third-order valence-corrected chi connectivity index (χ3v) is 15.6. The van der Waals surface area contributed by atoms with Crippen LogP contribution in [0.5, 0.6) is 0 Å². The number of para-hydroxylation sites is 4. The molecule has 0 unspecified atom stereocenters. The lowest BCUT2D eigenvalue weighted by Gasteiger charge is -2.30. The van der Waals surface area contributed by atoms with Crippen LogP contribution >= 0.6 is 0 Å². The first kappa shape index (κ1) is 50.7. The van der Waals surface area contributed by atoms with Crippen LogP contribution in [-0.4, -0.2) is 0 Å². The molecule has 0 saturated carbocycles. The van der Waals surface area contributed by atoms with Crippen LogP contribution in [0, 0.1) is 27.7 Å². The highest BCUT2D eigenvalue weighted by Crippen LogP contribution is 2.49. The molecular weight excluding hydrogens is 961 g/mol. The Morgan fingerprint density at radius 3 is 1.62 bits per heavy atom. The predicted octanol–water partition coefficient (Wildman–Crippen LogP) is 21.6. The minimum absolute atomic E-state index is 0.211. The molecule has 0 aliphatic rings. The Hall–Kier alpha value is -9.12. The van der Waals surface area contributed by atoms with E-state index in [2.05, 4.69) is 278 Å². The van der Waals surface area contributed by atoms with Gasteiger partial charge < -0.3 is 18.6 Å². The molecule has 0 atom stereocenters. The maximum Gasteiger partial charge on any atom is 0.159 e. The molecule has 79 heavy (non-hydrogen) atoms. The van der Waals surface area contributed by atoms with E-state index in [4.69, 9.17) is 8.83 Å². The van der Waals surface area contributed by atoms with Gasteiger partial charge in [-0.05, 0) is 151 Å². The third-order valence-electron chi connectivity index (χ3n) is 15.6. The van der Waals surface area contributed by atoms with Crippen LogP contribution in [0.2, 0.25) is 0 Å². The lowest BCUT2D eigenvalue weighted by molar-refractivity contribution is 0.670. The molecule has 0 saturated heterocycles. The molecule has 0 bridgehead atoms. The van der Waals surface area contributed by atoms with Gasteiger partial charge in [0, 0.05) is 54.7 Å². The highest BCUT2D eigenvalue weighted by atomic mass is 16.3. The lowest BCUT2D eigenvalue weighted by atomic mass is 9.87. The van der Waals surface area contributed by atoms with Crippen molar-refractivity contribution >= 4 is 99.6 Å². The quantitative estimate of drug-likeness (QED) is 0.137. The summed E-state index contributed by atoms with van der Waals surface area (Å²) in [4.78, 5) is 4.90. The van der Waals surface area contributed by atoms with Crippen molar-refractivity contribution in [2.45, 2.75) is 75.2 Å². The first-order valence-corrected chi connectivity index (χ1v) is 27.9. The summed E-state index contributed by atoms with van der Waals surface area (Å²) in [6.07, 6.45) is 2.36. The average molecular weight is 1030 g/mol. The van der Waals surface area contributed by atoms with Gasteiger partial charge in [0.05, 0.1) is 22.8 Å². The molecule has 13 rings (SSSR count). The number of allylic oxidation sites excluding steroid dienone is 1. The molecule has 0 amide bonds. The molecule has 0 fully saturated rings.